The van der Waals surface area contributed by atoms with Gasteiger partial charge >= 0.3 is 0 Å². The number of benzene rings is 1. The zero-order valence-corrected chi connectivity index (χ0v) is 7.71. The van der Waals surface area contributed by atoms with E-state index >= 15 is 0 Å². The molecule has 0 saturated heterocycles. The van der Waals surface area contributed by atoms with Crippen LogP contribution in [0.2, 0.25) is 0 Å². The number of hydrogen-bond donors (Lipinski definition) is 2. The molecule has 0 bridgehead atoms. The van der Waals surface area contributed by atoms with Gasteiger partial charge in [0, 0.05) is 17.3 Å². The van der Waals surface area contributed by atoms with Crippen LogP contribution < -0.4 is 5.73 Å². The van der Waals surface area contributed by atoms with E-state index in [0.717, 1.165) is 11.1 Å². The van der Waals surface area contributed by atoms with Gasteiger partial charge in [0.25, 0.3) is 0 Å². The Kier molecular flexibility index (Phi) is 1.94. The predicted molar refractivity (Wildman–Crippen MR) is 55.8 cm³/mol. The molecular weight excluding hydrogens is 182 g/mol. The van der Waals surface area contributed by atoms with Crippen molar-refractivity contribution < 1.29 is 5.11 Å². The van der Waals surface area contributed by atoms with E-state index in [2.05, 4.69) is 0 Å². The third-order valence-electron chi connectivity index (χ3n) is 1.85. The van der Waals surface area contributed by atoms with E-state index in [9.17, 15) is 5.11 Å². The lowest BCUT2D eigenvalue weighted by Gasteiger charge is -2.02. The first kappa shape index (κ1) is 8.13. The quantitative estimate of drug-likeness (QED) is 0.681. The average molecular weight is 191 g/mol. The van der Waals surface area contributed by atoms with Crippen LogP contribution in [0.15, 0.2) is 35.0 Å². The molecule has 0 saturated carbocycles. The van der Waals surface area contributed by atoms with E-state index < -0.39 is 0 Å². The second-order valence-corrected chi connectivity index (χ2v) is 3.57. The Morgan fingerprint density at radius 2 is 2.08 bits per heavy atom. The summed E-state index contributed by atoms with van der Waals surface area (Å²) < 4.78 is 0. The number of nitrogens with two attached hydrogens (primary N) is 1. The van der Waals surface area contributed by atoms with Crippen LogP contribution in [0, 0.1) is 0 Å². The molecule has 1 aromatic heterocycles. The molecule has 1 aromatic carbocycles. The number of thiophene rings is 1. The highest BCUT2D eigenvalue weighted by Crippen LogP contribution is 2.31. The summed E-state index contributed by atoms with van der Waals surface area (Å²) in [7, 11) is 0. The molecule has 3 heteroatoms. The molecule has 66 valence electrons. The Bertz CT molecular complexity index is 409. The highest BCUT2D eigenvalue weighted by Gasteiger charge is 2.03. The first-order chi connectivity index (χ1) is 6.27. The molecule has 0 unspecified atom stereocenters. The van der Waals surface area contributed by atoms with E-state index in [1.54, 1.807) is 23.5 Å². The molecule has 0 fully saturated rings. The van der Waals surface area contributed by atoms with Crippen molar-refractivity contribution in [2.24, 2.45) is 0 Å². The van der Waals surface area contributed by atoms with Crippen LogP contribution >= 0.6 is 11.3 Å². The van der Waals surface area contributed by atoms with Crippen molar-refractivity contribution in [1.82, 2.24) is 0 Å². The summed E-state index contributed by atoms with van der Waals surface area (Å²) >= 11 is 1.60. The number of hydrogen-bond acceptors (Lipinski definition) is 3. The van der Waals surface area contributed by atoms with Crippen LogP contribution in [-0.4, -0.2) is 5.11 Å². The fourth-order valence-corrected chi connectivity index (χ4v) is 1.87. The Morgan fingerprint density at radius 3 is 2.69 bits per heavy atom. The van der Waals surface area contributed by atoms with E-state index in [1.807, 2.05) is 22.9 Å². The maximum Gasteiger partial charge on any atom is 0.125 e. The van der Waals surface area contributed by atoms with Crippen LogP contribution in [0.4, 0.5) is 5.69 Å². The molecule has 0 aliphatic heterocycles. The molecule has 3 N–H and O–H groups in total. The van der Waals surface area contributed by atoms with Crippen molar-refractivity contribution in [3.8, 4) is 16.9 Å². The van der Waals surface area contributed by atoms with E-state index in [1.165, 1.54) is 0 Å². The van der Waals surface area contributed by atoms with Crippen molar-refractivity contribution in [3.63, 3.8) is 0 Å². The second-order valence-electron chi connectivity index (χ2n) is 2.79. The zero-order chi connectivity index (χ0) is 9.26. The standard InChI is InChI=1S/C10H9NOS/c11-8-1-2-9(10(12)5-8)7-3-4-13-6-7/h1-6,12H,11H2. The summed E-state index contributed by atoms with van der Waals surface area (Å²) in [5, 5.41) is 13.6. The molecule has 2 aromatic rings. The highest BCUT2D eigenvalue weighted by atomic mass is 32.1. The second kappa shape index (κ2) is 3.11. The maximum absolute atomic E-state index is 9.59. The summed E-state index contributed by atoms with van der Waals surface area (Å²) in [5.74, 6) is 0.235. The van der Waals surface area contributed by atoms with Gasteiger partial charge in [-0.2, -0.15) is 11.3 Å². The lowest BCUT2D eigenvalue weighted by Crippen LogP contribution is -1.84. The van der Waals surface area contributed by atoms with Gasteiger partial charge in [-0.1, -0.05) is 0 Å². The summed E-state index contributed by atoms with van der Waals surface area (Å²) in [6, 6.07) is 7.14. The topological polar surface area (TPSA) is 46.2 Å². The number of aromatic hydroxyl groups is 1. The van der Waals surface area contributed by atoms with Gasteiger partial charge in [-0.25, -0.2) is 0 Å². The van der Waals surface area contributed by atoms with Gasteiger partial charge < -0.3 is 10.8 Å². The fourth-order valence-electron chi connectivity index (χ4n) is 1.21. The normalized spacial score (nSPS) is 10.2. The third kappa shape index (κ3) is 1.51. The maximum atomic E-state index is 9.59. The monoisotopic (exact) mass is 191 g/mol. The smallest absolute Gasteiger partial charge is 0.125 e. The molecule has 1 heterocycles. The Hall–Kier alpha value is -1.48. The minimum atomic E-state index is 0.235. The minimum Gasteiger partial charge on any atom is -0.507 e. The molecule has 2 rings (SSSR count). The summed E-state index contributed by atoms with van der Waals surface area (Å²) in [6.07, 6.45) is 0. The van der Waals surface area contributed by atoms with Gasteiger partial charge in [0.05, 0.1) is 0 Å². The van der Waals surface area contributed by atoms with Gasteiger partial charge in [0.1, 0.15) is 5.75 Å². The molecule has 0 spiro atoms. The zero-order valence-electron chi connectivity index (χ0n) is 6.90. The van der Waals surface area contributed by atoms with Crippen LogP contribution in [0.1, 0.15) is 0 Å². The first-order valence-corrected chi connectivity index (χ1v) is 4.83. The SMILES string of the molecule is Nc1ccc(-c2ccsc2)c(O)c1. The molecule has 13 heavy (non-hydrogen) atoms. The largest absolute Gasteiger partial charge is 0.507 e. The van der Waals surface area contributed by atoms with Crippen molar-refractivity contribution in [2.45, 2.75) is 0 Å². The van der Waals surface area contributed by atoms with Gasteiger partial charge in [-0.3, -0.25) is 0 Å². The number of phenols is 1. The summed E-state index contributed by atoms with van der Waals surface area (Å²) in [5.41, 5.74) is 7.96. The summed E-state index contributed by atoms with van der Waals surface area (Å²) in [4.78, 5) is 0. The Morgan fingerprint density at radius 1 is 1.23 bits per heavy atom. The Labute approximate surface area is 80.3 Å². The minimum absolute atomic E-state index is 0.235. The van der Waals surface area contributed by atoms with E-state index in [-0.39, 0.29) is 5.75 Å². The lowest BCUT2D eigenvalue weighted by atomic mass is 10.1. The van der Waals surface area contributed by atoms with Gasteiger partial charge in [-0.15, -0.1) is 0 Å². The van der Waals surface area contributed by atoms with Gasteiger partial charge in [0.2, 0.25) is 0 Å². The van der Waals surface area contributed by atoms with Gasteiger partial charge in [0.15, 0.2) is 0 Å². The van der Waals surface area contributed by atoms with Crippen LogP contribution in [0.3, 0.4) is 0 Å². The number of anilines is 1. The molecule has 0 atom stereocenters. The van der Waals surface area contributed by atoms with Crippen molar-refractivity contribution >= 4 is 17.0 Å². The van der Waals surface area contributed by atoms with E-state index in [0.29, 0.717) is 5.69 Å². The molecule has 0 amide bonds. The number of phenolic OH excluding ortho intramolecular Hbond substituents is 1. The van der Waals surface area contributed by atoms with Crippen LogP contribution in [0.25, 0.3) is 11.1 Å². The number of rotatable bonds is 1. The predicted octanol–water partition coefficient (Wildman–Crippen LogP) is 2.70. The number of nitrogen functional groups attached to an aromatic ring is 1. The first-order valence-electron chi connectivity index (χ1n) is 3.88. The highest BCUT2D eigenvalue weighted by molar-refractivity contribution is 7.08. The Balaban J connectivity index is 2.53. The third-order valence-corrected chi connectivity index (χ3v) is 2.54. The average Bonchev–Trinajstić information content (AvgIpc) is 2.56. The van der Waals surface area contributed by atoms with Crippen LogP contribution in [-0.2, 0) is 0 Å². The fraction of sp³-hybridized carbons (Fsp3) is 0. The molecule has 2 nitrogen and oxygen atoms in total. The summed E-state index contributed by atoms with van der Waals surface area (Å²) in [6.45, 7) is 0. The van der Waals surface area contributed by atoms with E-state index in [4.69, 9.17) is 5.73 Å². The van der Waals surface area contributed by atoms with Crippen molar-refractivity contribution in [1.29, 1.82) is 0 Å². The molecule has 0 radical (unpaired) electrons. The molecule has 0 aliphatic carbocycles. The molecule has 0 aliphatic rings. The lowest BCUT2D eigenvalue weighted by molar-refractivity contribution is 0.477. The van der Waals surface area contributed by atoms with Crippen LogP contribution in [0.5, 0.6) is 5.75 Å². The van der Waals surface area contributed by atoms with Crippen molar-refractivity contribution in [2.75, 3.05) is 5.73 Å². The van der Waals surface area contributed by atoms with Gasteiger partial charge in [-0.05, 0) is 34.5 Å². The molecular formula is C10H9NOS. The van der Waals surface area contributed by atoms with Crippen molar-refractivity contribution in [3.05, 3.63) is 35.0 Å².